The lowest BCUT2D eigenvalue weighted by atomic mass is 10.2. The number of alkyl halides is 3. The molecule has 2 aromatic carbocycles. The van der Waals surface area contributed by atoms with Gasteiger partial charge in [0.1, 0.15) is 0 Å². The van der Waals surface area contributed by atoms with Gasteiger partial charge in [-0.15, -0.1) is 0 Å². The molecule has 0 aliphatic rings. The predicted molar refractivity (Wildman–Crippen MR) is 84.6 cm³/mol. The maximum Gasteiger partial charge on any atom is 0.417 e. The molecule has 0 aliphatic carbocycles. The van der Waals surface area contributed by atoms with Crippen molar-refractivity contribution in [3.63, 3.8) is 0 Å². The van der Waals surface area contributed by atoms with Gasteiger partial charge in [0.05, 0.1) is 10.5 Å². The Morgan fingerprint density at radius 1 is 1.09 bits per heavy atom. The molecule has 0 saturated heterocycles. The largest absolute Gasteiger partial charge is 0.417 e. The molecule has 2 rings (SSSR count). The smallest absolute Gasteiger partial charge is 0.207 e. The van der Waals surface area contributed by atoms with Gasteiger partial charge in [0, 0.05) is 16.0 Å². The Kier molecular flexibility index (Phi) is 5.40. The minimum Gasteiger partial charge on any atom is -0.207 e. The summed E-state index contributed by atoms with van der Waals surface area (Å²) in [5.74, 6) is 0. The summed E-state index contributed by atoms with van der Waals surface area (Å²) in [6, 6.07) is 9.16. The summed E-state index contributed by atoms with van der Waals surface area (Å²) in [6.07, 6.45) is -4.65. The Balaban J connectivity index is 2.24. The van der Waals surface area contributed by atoms with Crippen LogP contribution in [-0.4, -0.2) is 8.42 Å². The van der Waals surface area contributed by atoms with Gasteiger partial charge in [-0.25, -0.2) is 13.1 Å². The average molecular weight is 429 g/mol. The van der Waals surface area contributed by atoms with Crippen molar-refractivity contribution < 1.29 is 21.6 Å². The van der Waals surface area contributed by atoms with Gasteiger partial charge in [0.2, 0.25) is 10.0 Å². The van der Waals surface area contributed by atoms with Gasteiger partial charge in [-0.1, -0.05) is 39.7 Å². The molecule has 0 fully saturated rings. The molecule has 0 spiro atoms. The van der Waals surface area contributed by atoms with E-state index in [1.807, 2.05) is 0 Å². The normalized spacial score (nSPS) is 12.4. The zero-order chi connectivity index (χ0) is 17.3. The first-order valence-electron chi connectivity index (χ1n) is 6.20. The van der Waals surface area contributed by atoms with Gasteiger partial charge in [-0.3, -0.25) is 0 Å². The first kappa shape index (κ1) is 18.3. The van der Waals surface area contributed by atoms with Crippen LogP contribution in [0.2, 0.25) is 5.02 Å². The van der Waals surface area contributed by atoms with Crippen LogP contribution in [0, 0.1) is 0 Å². The lowest BCUT2D eigenvalue weighted by Gasteiger charge is -2.12. The summed E-state index contributed by atoms with van der Waals surface area (Å²) < 4.78 is 64.9. The molecule has 0 atom stereocenters. The van der Waals surface area contributed by atoms with Crippen LogP contribution in [0.3, 0.4) is 0 Å². The summed E-state index contributed by atoms with van der Waals surface area (Å²) in [7, 11) is -4.07. The standard InChI is InChI=1S/C14H10BrClF3NO2S/c15-13-6-5-11(7-12(13)14(17,18)19)23(21,22)20-8-9-1-3-10(16)4-2-9/h1-7,20H,8H2. The van der Waals surface area contributed by atoms with Gasteiger partial charge in [-0.2, -0.15) is 13.2 Å². The maximum absolute atomic E-state index is 12.8. The van der Waals surface area contributed by atoms with E-state index in [9.17, 15) is 21.6 Å². The van der Waals surface area contributed by atoms with Crippen LogP contribution in [0.15, 0.2) is 51.8 Å². The third kappa shape index (κ3) is 4.69. The van der Waals surface area contributed by atoms with Crippen molar-refractivity contribution in [3.05, 3.63) is 63.1 Å². The van der Waals surface area contributed by atoms with Crippen LogP contribution in [0.1, 0.15) is 11.1 Å². The zero-order valence-electron chi connectivity index (χ0n) is 11.4. The highest BCUT2D eigenvalue weighted by atomic mass is 79.9. The van der Waals surface area contributed by atoms with Crippen molar-refractivity contribution in [2.45, 2.75) is 17.6 Å². The lowest BCUT2D eigenvalue weighted by Crippen LogP contribution is -2.23. The number of rotatable bonds is 4. The van der Waals surface area contributed by atoms with E-state index >= 15 is 0 Å². The maximum atomic E-state index is 12.8. The van der Waals surface area contributed by atoms with Crippen LogP contribution in [0.4, 0.5) is 13.2 Å². The highest BCUT2D eigenvalue weighted by Crippen LogP contribution is 2.36. The molecular weight excluding hydrogens is 419 g/mol. The van der Waals surface area contributed by atoms with Crippen molar-refractivity contribution >= 4 is 37.6 Å². The van der Waals surface area contributed by atoms with Crippen LogP contribution >= 0.6 is 27.5 Å². The second-order valence-electron chi connectivity index (χ2n) is 4.59. The van der Waals surface area contributed by atoms with Crippen molar-refractivity contribution in [2.75, 3.05) is 0 Å². The molecule has 3 nitrogen and oxygen atoms in total. The number of hydrogen-bond donors (Lipinski definition) is 1. The average Bonchev–Trinajstić information content (AvgIpc) is 2.46. The van der Waals surface area contributed by atoms with Gasteiger partial charge < -0.3 is 0 Å². The fraction of sp³-hybridized carbons (Fsp3) is 0.143. The Morgan fingerprint density at radius 3 is 2.26 bits per heavy atom. The van der Waals surface area contributed by atoms with E-state index in [1.165, 1.54) is 0 Å². The van der Waals surface area contributed by atoms with Crippen molar-refractivity contribution in [3.8, 4) is 0 Å². The Bertz CT molecular complexity index is 808. The molecular formula is C14H10BrClF3NO2S. The van der Waals surface area contributed by atoms with Crippen molar-refractivity contribution in [2.24, 2.45) is 0 Å². The summed E-state index contributed by atoms with van der Waals surface area (Å²) >= 11 is 8.49. The molecule has 0 unspecified atom stereocenters. The molecule has 9 heteroatoms. The van der Waals surface area contributed by atoms with Gasteiger partial charge in [-0.05, 0) is 35.9 Å². The Labute approximate surface area is 144 Å². The molecule has 0 amide bonds. The topological polar surface area (TPSA) is 46.2 Å². The van der Waals surface area contributed by atoms with E-state index < -0.39 is 26.7 Å². The predicted octanol–water partition coefficient (Wildman–Crippen LogP) is 4.60. The van der Waals surface area contributed by atoms with E-state index in [2.05, 4.69) is 20.7 Å². The minimum absolute atomic E-state index is 0.0586. The third-order valence-corrected chi connectivity index (χ3v) is 5.28. The zero-order valence-corrected chi connectivity index (χ0v) is 14.5. The van der Waals surface area contributed by atoms with Crippen molar-refractivity contribution in [1.82, 2.24) is 4.72 Å². The van der Waals surface area contributed by atoms with Gasteiger partial charge in [0.25, 0.3) is 0 Å². The second-order valence-corrected chi connectivity index (χ2v) is 7.65. The monoisotopic (exact) mass is 427 g/mol. The molecule has 1 N–H and O–H groups in total. The van der Waals surface area contributed by atoms with Gasteiger partial charge >= 0.3 is 6.18 Å². The van der Waals surface area contributed by atoms with Crippen LogP contribution in [0.5, 0.6) is 0 Å². The minimum atomic E-state index is -4.65. The number of nitrogens with one attached hydrogen (secondary N) is 1. The SMILES string of the molecule is O=S(=O)(NCc1ccc(Cl)cc1)c1ccc(Br)c(C(F)(F)F)c1. The second kappa shape index (κ2) is 6.80. The first-order chi connectivity index (χ1) is 10.6. The van der Waals surface area contributed by atoms with E-state index in [1.54, 1.807) is 24.3 Å². The fourth-order valence-corrected chi connectivity index (χ4v) is 3.39. The molecule has 0 aromatic heterocycles. The molecule has 0 heterocycles. The third-order valence-electron chi connectivity index (χ3n) is 2.93. The lowest BCUT2D eigenvalue weighted by molar-refractivity contribution is -0.138. The molecule has 0 bridgehead atoms. The number of benzene rings is 2. The highest BCUT2D eigenvalue weighted by Gasteiger charge is 2.34. The van der Waals surface area contributed by atoms with Crippen LogP contribution in [-0.2, 0) is 22.7 Å². The summed E-state index contributed by atoms with van der Waals surface area (Å²) in [5.41, 5.74) is -0.419. The molecule has 2 aromatic rings. The van der Waals surface area contributed by atoms with E-state index in [0.717, 1.165) is 12.1 Å². The molecule has 0 aliphatic heterocycles. The Hall–Kier alpha value is -1.09. The van der Waals surface area contributed by atoms with Gasteiger partial charge in [0.15, 0.2) is 0 Å². The van der Waals surface area contributed by atoms with Crippen LogP contribution < -0.4 is 4.72 Å². The fourth-order valence-electron chi connectivity index (χ4n) is 1.75. The van der Waals surface area contributed by atoms with E-state index in [4.69, 9.17) is 11.6 Å². The van der Waals surface area contributed by atoms with E-state index in [-0.39, 0.29) is 11.0 Å². The molecule has 0 saturated carbocycles. The molecule has 0 radical (unpaired) electrons. The molecule has 124 valence electrons. The highest BCUT2D eigenvalue weighted by molar-refractivity contribution is 9.10. The van der Waals surface area contributed by atoms with Crippen LogP contribution in [0.25, 0.3) is 0 Å². The number of hydrogen-bond acceptors (Lipinski definition) is 2. The number of halogens is 5. The van der Waals surface area contributed by atoms with Crippen molar-refractivity contribution in [1.29, 1.82) is 0 Å². The quantitative estimate of drug-likeness (QED) is 0.774. The first-order valence-corrected chi connectivity index (χ1v) is 8.86. The summed E-state index contributed by atoms with van der Waals surface area (Å²) in [5, 5.41) is 0.499. The summed E-state index contributed by atoms with van der Waals surface area (Å²) in [4.78, 5) is -0.456. The molecule has 23 heavy (non-hydrogen) atoms. The number of sulfonamides is 1. The van der Waals surface area contributed by atoms with E-state index in [0.29, 0.717) is 16.7 Å². The Morgan fingerprint density at radius 2 is 1.70 bits per heavy atom. The summed E-state index contributed by atoms with van der Waals surface area (Å²) in [6.45, 7) is -0.0586.